The van der Waals surface area contributed by atoms with Crippen molar-refractivity contribution in [1.82, 2.24) is 5.43 Å². The Labute approximate surface area is 92.5 Å². The summed E-state index contributed by atoms with van der Waals surface area (Å²) in [6.07, 6.45) is 6.35. The summed E-state index contributed by atoms with van der Waals surface area (Å²) in [7, 11) is 1.68. The van der Waals surface area contributed by atoms with Crippen LogP contribution in [0, 0.1) is 5.92 Å². The van der Waals surface area contributed by atoms with Crippen LogP contribution in [0.3, 0.4) is 0 Å². The molecule has 0 spiro atoms. The molecule has 0 heterocycles. The molecule has 0 aliphatic heterocycles. The van der Waals surface area contributed by atoms with Gasteiger partial charge in [0.25, 0.3) is 0 Å². The molecule has 4 heteroatoms. The first-order valence-electron chi connectivity index (χ1n) is 5.89. The van der Waals surface area contributed by atoms with E-state index in [0.29, 0.717) is 19.3 Å². The van der Waals surface area contributed by atoms with E-state index in [2.05, 4.69) is 5.43 Å². The number of hydrazine groups is 1. The molecule has 90 valence electrons. The minimum absolute atomic E-state index is 0.415. The molecule has 1 atom stereocenters. The molecule has 0 amide bonds. The van der Waals surface area contributed by atoms with Crippen molar-refractivity contribution >= 4 is 0 Å². The average Bonchev–Trinajstić information content (AvgIpc) is 2.19. The van der Waals surface area contributed by atoms with Crippen LogP contribution in [0.2, 0.25) is 0 Å². The molecular weight excluding hydrogens is 192 g/mol. The predicted molar refractivity (Wildman–Crippen MR) is 60.4 cm³/mol. The second kappa shape index (κ2) is 8.05. The molecule has 1 aliphatic rings. The molecule has 0 aromatic rings. The highest BCUT2D eigenvalue weighted by Gasteiger charge is 2.21. The largest absolute Gasteiger partial charge is 0.382 e. The molecule has 1 saturated carbocycles. The van der Waals surface area contributed by atoms with Crippen molar-refractivity contribution in [3.05, 3.63) is 0 Å². The van der Waals surface area contributed by atoms with E-state index in [9.17, 15) is 0 Å². The smallest absolute Gasteiger partial charge is 0.0700 e. The van der Waals surface area contributed by atoms with Crippen LogP contribution in [0.15, 0.2) is 0 Å². The molecule has 3 N–H and O–H groups in total. The van der Waals surface area contributed by atoms with Gasteiger partial charge in [-0.2, -0.15) is 0 Å². The highest BCUT2D eigenvalue weighted by atomic mass is 16.5. The van der Waals surface area contributed by atoms with E-state index in [1.807, 2.05) is 0 Å². The van der Waals surface area contributed by atoms with Gasteiger partial charge in [-0.05, 0) is 18.8 Å². The first-order valence-corrected chi connectivity index (χ1v) is 5.89. The molecular formula is C11H24N2O2. The van der Waals surface area contributed by atoms with Crippen molar-refractivity contribution < 1.29 is 9.47 Å². The van der Waals surface area contributed by atoms with Gasteiger partial charge in [-0.3, -0.25) is 11.3 Å². The van der Waals surface area contributed by atoms with E-state index >= 15 is 0 Å². The number of nitrogens with two attached hydrogens (primary N) is 1. The molecule has 0 bridgehead atoms. The molecule has 0 aromatic heterocycles. The normalized spacial score (nSPS) is 18.8. The maximum Gasteiger partial charge on any atom is 0.0700 e. The quantitative estimate of drug-likeness (QED) is 0.344. The fourth-order valence-corrected chi connectivity index (χ4v) is 1.87. The first-order chi connectivity index (χ1) is 7.36. The zero-order valence-electron chi connectivity index (χ0n) is 9.71. The van der Waals surface area contributed by atoms with E-state index in [-0.39, 0.29) is 0 Å². The summed E-state index contributed by atoms with van der Waals surface area (Å²) in [5, 5.41) is 0. The van der Waals surface area contributed by atoms with Crippen LogP contribution in [0.1, 0.15) is 32.1 Å². The summed E-state index contributed by atoms with van der Waals surface area (Å²) < 4.78 is 10.3. The third-order valence-corrected chi connectivity index (χ3v) is 3.12. The number of nitrogens with one attached hydrogen (secondary N) is 1. The van der Waals surface area contributed by atoms with E-state index in [1.54, 1.807) is 7.11 Å². The van der Waals surface area contributed by atoms with Crippen LogP contribution in [0.4, 0.5) is 0 Å². The van der Waals surface area contributed by atoms with E-state index in [1.165, 1.54) is 25.7 Å². The third kappa shape index (κ3) is 5.47. The summed E-state index contributed by atoms with van der Waals surface area (Å²) in [5.74, 6) is 6.40. The Bertz CT molecular complexity index is 152. The van der Waals surface area contributed by atoms with E-state index in [0.717, 1.165) is 18.9 Å². The van der Waals surface area contributed by atoms with Crippen molar-refractivity contribution in [2.45, 2.75) is 38.1 Å². The highest BCUT2D eigenvalue weighted by Crippen LogP contribution is 2.30. The molecule has 1 rings (SSSR count). The van der Waals surface area contributed by atoms with Crippen molar-refractivity contribution in [1.29, 1.82) is 0 Å². The monoisotopic (exact) mass is 216 g/mol. The van der Waals surface area contributed by atoms with Crippen LogP contribution in [0.5, 0.6) is 0 Å². The third-order valence-electron chi connectivity index (χ3n) is 3.12. The second-order valence-electron chi connectivity index (χ2n) is 4.29. The predicted octanol–water partition coefficient (Wildman–Crippen LogP) is 1.06. The lowest BCUT2D eigenvalue weighted by atomic mass is 9.80. The number of rotatable bonds is 9. The van der Waals surface area contributed by atoms with Gasteiger partial charge in [0.2, 0.25) is 0 Å². The molecule has 1 unspecified atom stereocenters. The lowest BCUT2D eigenvalue weighted by Crippen LogP contribution is -2.38. The minimum Gasteiger partial charge on any atom is -0.382 e. The topological polar surface area (TPSA) is 56.5 Å². The van der Waals surface area contributed by atoms with Gasteiger partial charge >= 0.3 is 0 Å². The Morgan fingerprint density at radius 2 is 2.13 bits per heavy atom. The minimum atomic E-state index is 0.415. The molecule has 0 radical (unpaired) electrons. The summed E-state index contributed by atoms with van der Waals surface area (Å²) >= 11 is 0. The fourth-order valence-electron chi connectivity index (χ4n) is 1.87. The molecule has 1 fully saturated rings. The Balaban J connectivity index is 1.95. The fraction of sp³-hybridized carbons (Fsp3) is 1.00. The van der Waals surface area contributed by atoms with Crippen LogP contribution >= 0.6 is 0 Å². The number of methoxy groups -OCH3 is 1. The van der Waals surface area contributed by atoms with Gasteiger partial charge in [-0.25, -0.2) is 0 Å². The Hall–Kier alpha value is -0.160. The number of hydrogen-bond donors (Lipinski definition) is 2. The lowest BCUT2D eigenvalue weighted by molar-refractivity contribution is 0.0638. The van der Waals surface area contributed by atoms with Gasteiger partial charge in [-0.15, -0.1) is 0 Å². The Morgan fingerprint density at radius 3 is 2.67 bits per heavy atom. The summed E-state index contributed by atoms with van der Waals surface area (Å²) in [6.45, 7) is 2.12. The second-order valence-corrected chi connectivity index (χ2v) is 4.29. The van der Waals surface area contributed by atoms with Crippen molar-refractivity contribution in [3.8, 4) is 0 Å². The van der Waals surface area contributed by atoms with Crippen molar-refractivity contribution in [2.75, 3.05) is 26.9 Å². The Morgan fingerprint density at radius 1 is 1.33 bits per heavy atom. The molecule has 0 aromatic carbocycles. The Kier molecular flexibility index (Phi) is 6.92. The van der Waals surface area contributed by atoms with Gasteiger partial charge in [0, 0.05) is 19.8 Å². The summed E-state index contributed by atoms with van der Waals surface area (Å²) in [5.41, 5.74) is 2.88. The van der Waals surface area contributed by atoms with E-state index < -0.39 is 0 Å². The number of hydrogen-bond acceptors (Lipinski definition) is 4. The highest BCUT2D eigenvalue weighted by molar-refractivity contribution is 4.75. The molecule has 15 heavy (non-hydrogen) atoms. The van der Waals surface area contributed by atoms with Gasteiger partial charge < -0.3 is 9.47 Å². The molecule has 1 aliphatic carbocycles. The number of ether oxygens (including phenoxy) is 2. The SMILES string of the molecule is COCCOCCC(CC1CCC1)NN. The van der Waals surface area contributed by atoms with Gasteiger partial charge in [-0.1, -0.05) is 19.3 Å². The maximum atomic E-state index is 5.51. The summed E-state index contributed by atoms with van der Waals surface area (Å²) in [4.78, 5) is 0. The van der Waals surface area contributed by atoms with E-state index in [4.69, 9.17) is 15.3 Å². The standard InChI is InChI=1S/C11H24N2O2/c1-14-7-8-15-6-5-11(13-12)9-10-3-2-4-10/h10-11,13H,2-9,12H2,1H3. The van der Waals surface area contributed by atoms with Crippen LogP contribution in [-0.4, -0.2) is 33.0 Å². The van der Waals surface area contributed by atoms with Crippen LogP contribution < -0.4 is 11.3 Å². The summed E-state index contributed by atoms with van der Waals surface area (Å²) in [6, 6.07) is 0.415. The van der Waals surface area contributed by atoms with Crippen molar-refractivity contribution in [3.63, 3.8) is 0 Å². The van der Waals surface area contributed by atoms with Crippen molar-refractivity contribution in [2.24, 2.45) is 11.8 Å². The first kappa shape index (κ1) is 12.9. The molecule has 4 nitrogen and oxygen atoms in total. The molecule has 0 saturated heterocycles. The van der Waals surface area contributed by atoms with Gasteiger partial charge in [0.1, 0.15) is 0 Å². The van der Waals surface area contributed by atoms with Crippen LogP contribution in [-0.2, 0) is 9.47 Å². The maximum absolute atomic E-state index is 5.51. The van der Waals surface area contributed by atoms with Gasteiger partial charge in [0.15, 0.2) is 0 Å². The lowest BCUT2D eigenvalue weighted by Gasteiger charge is -2.29. The van der Waals surface area contributed by atoms with Crippen LogP contribution in [0.25, 0.3) is 0 Å². The zero-order valence-corrected chi connectivity index (χ0v) is 9.71. The van der Waals surface area contributed by atoms with Gasteiger partial charge in [0.05, 0.1) is 13.2 Å². The average molecular weight is 216 g/mol. The zero-order chi connectivity index (χ0) is 10.9.